The molecule has 2 aromatic heterocycles. The van der Waals surface area contributed by atoms with Gasteiger partial charge >= 0.3 is 0 Å². The molecule has 0 bridgehead atoms. The molecule has 21 heavy (non-hydrogen) atoms. The van der Waals surface area contributed by atoms with Crippen LogP contribution in [-0.4, -0.2) is 17.6 Å². The van der Waals surface area contributed by atoms with Gasteiger partial charge in [-0.05, 0) is 55.1 Å². The predicted molar refractivity (Wildman–Crippen MR) is 92.4 cm³/mol. The molecular weight excluding hydrogens is 298 g/mol. The number of anilines is 1. The van der Waals surface area contributed by atoms with Gasteiger partial charge < -0.3 is 10.2 Å². The van der Waals surface area contributed by atoms with E-state index in [1.54, 1.807) is 11.3 Å². The fourth-order valence-electron chi connectivity index (χ4n) is 2.40. The van der Waals surface area contributed by atoms with Crippen molar-refractivity contribution in [3.05, 3.63) is 33.0 Å². The van der Waals surface area contributed by atoms with Crippen LogP contribution >= 0.6 is 22.7 Å². The van der Waals surface area contributed by atoms with E-state index < -0.39 is 0 Å². The van der Waals surface area contributed by atoms with Gasteiger partial charge in [0.05, 0.1) is 5.69 Å². The molecule has 114 valence electrons. The summed E-state index contributed by atoms with van der Waals surface area (Å²) >= 11 is 3.64. The molecule has 1 aliphatic carbocycles. The Morgan fingerprint density at radius 2 is 2.29 bits per heavy atom. The number of nitrogens with zero attached hydrogens (tertiary/aromatic N) is 2. The van der Waals surface area contributed by atoms with Crippen molar-refractivity contribution in [3.63, 3.8) is 0 Å². The Morgan fingerprint density at radius 1 is 1.43 bits per heavy atom. The second-order valence-corrected chi connectivity index (χ2v) is 7.51. The van der Waals surface area contributed by atoms with Crippen molar-refractivity contribution >= 4 is 27.8 Å². The molecule has 2 aromatic rings. The number of aryl methyl sites for hydroxylation is 1. The molecule has 1 fully saturated rings. The van der Waals surface area contributed by atoms with Gasteiger partial charge in [0.1, 0.15) is 0 Å². The van der Waals surface area contributed by atoms with Crippen LogP contribution in [0.3, 0.4) is 0 Å². The minimum atomic E-state index is 0.701. The summed E-state index contributed by atoms with van der Waals surface area (Å²) < 4.78 is 0. The zero-order valence-corrected chi connectivity index (χ0v) is 14.4. The molecule has 0 radical (unpaired) electrons. The molecular formula is C16H23N3S2. The van der Waals surface area contributed by atoms with E-state index in [1.807, 2.05) is 11.3 Å². The fourth-order valence-corrected chi connectivity index (χ4v) is 4.16. The molecule has 0 aromatic carbocycles. The zero-order valence-electron chi connectivity index (χ0n) is 12.8. The largest absolute Gasteiger partial charge is 0.341 e. The molecule has 3 rings (SSSR count). The Bertz CT molecular complexity index is 558. The van der Waals surface area contributed by atoms with Crippen LogP contribution in [-0.2, 0) is 13.1 Å². The first-order chi connectivity index (χ1) is 10.3. The highest BCUT2D eigenvalue weighted by molar-refractivity contribution is 7.15. The number of thiazole rings is 1. The summed E-state index contributed by atoms with van der Waals surface area (Å²) in [7, 11) is 0. The number of hydrogen-bond donors (Lipinski definition) is 1. The number of hydrogen-bond acceptors (Lipinski definition) is 5. The summed E-state index contributed by atoms with van der Waals surface area (Å²) in [4.78, 5) is 8.73. The summed E-state index contributed by atoms with van der Waals surface area (Å²) in [6.45, 7) is 7.37. The lowest BCUT2D eigenvalue weighted by molar-refractivity contribution is 0.678. The Balaban J connectivity index is 1.72. The normalized spacial score (nSPS) is 14.6. The summed E-state index contributed by atoms with van der Waals surface area (Å²) in [5.41, 5.74) is 2.60. The van der Waals surface area contributed by atoms with E-state index in [1.165, 1.54) is 40.5 Å². The van der Waals surface area contributed by atoms with Crippen LogP contribution < -0.4 is 10.2 Å². The lowest BCUT2D eigenvalue weighted by Crippen LogP contribution is -2.24. The molecule has 3 nitrogen and oxygen atoms in total. The molecule has 0 spiro atoms. The van der Waals surface area contributed by atoms with Crippen LogP contribution in [0.5, 0.6) is 0 Å². The van der Waals surface area contributed by atoms with Crippen molar-refractivity contribution in [2.24, 2.45) is 0 Å². The van der Waals surface area contributed by atoms with Crippen LogP contribution in [0.2, 0.25) is 0 Å². The Labute approximate surface area is 135 Å². The fraction of sp³-hybridized carbons (Fsp3) is 0.562. The maximum absolute atomic E-state index is 4.84. The number of thiophene rings is 1. The third kappa shape index (κ3) is 3.84. The SMILES string of the molecule is CCCNCc1sc(N(Cc2ccsc2)C2CC2)nc1C. The van der Waals surface area contributed by atoms with Crippen molar-refractivity contribution in [2.45, 2.75) is 52.2 Å². The van der Waals surface area contributed by atoms with Crippen molar-refractivity contribution in [2.75, 3.05) is 11.4 Å². The van der Waals surface area contributed by atoms with Crippen LogP contribution in [0.25, 0.3) is 0 Å². The zero-order chi connectivity index (χ0) is 14.7. The maximum Gasteiger partial charge on any atom is 0.186 e. The molecule has 5 heteroatoms. The van der Waals surface area contributed by atoms with Crippen molar-refractivity contribution in [1.29, 1.82) is 0 Å². The van der Waals surface area contributed by atoms with Gasteiger partial charge in [0.25, 0.3) is 0 Å². The number of rotatable bonds is 8. The molecule has 0 saturated heterocycles. The van der Waals surface area contributed by atoms with E-state index in [9.17, 15) is 0 Å². The van der Waals surface area contributed by atoms with E-state index in [4.69, 9.17) is 4.98 Å². The molecule has 0 unspecified atom stereocenters. The first-order valence-electron chi connectivity index (χ1n) is 7.72. The molecule has 1 saturated carbocycles. The van der Waals surface area contributed by atoms with E-state index in [2.05, 4.69) is 40.9 Å². The summed E-state index contributed by atoms with van der Waals surface area (Å²) in [6, 6.07) is 2.93. The van der Waals surface area contributed by atoms with E-state index >= 15 is 0 Å². The van der Waals surface area contributed by atoms with E-state index in [0.717, 1.165) is 19.6 Å². The third-order valence-corrected chi connectivity index (χ3v) is 5.69. The monoisotopic (exact) mass is 321 g/mol. The van der Waals surface area contributed by atoms with Gasteiger partial charge in [-0.25, -0.2) is 4.98 Å². The highest BCUT2D eigenvalue weighted by atomic mass is 32.1. The van der Waals surface area contributed by atoms with Crippen LogP contribution in [0.15, 0.2) is 16.8 Å². The van der Waals surface area contributed by atoms with Gasteiger partial charge in [0, 0.05) is 24.0 Å². The van der Waals surface area contributed by atoms with Crippen LogP contribution in [0.1, 0.15) is 42.3 Å². The first kappa shape index (κ1) is 15.0. The van der Waals surface area contributed by atoms with E-state index in [0.29, 0.717) is 6.04 Å². The molecule has 2 heterocycles. The highest BCUT2D eigenvalue weighted by Gasteiger charge is 2.31. The summed E-state index contributed by atoms with van der Waals surface area (Å²) in [5.74, 6) is 0. The van der Waals surface area contributed by atoms with Crippen molar-refractivity contribution in [3.8, 4) is 0 Å². The van der Waals surface area contributed by atoms with Gasteiger partial charge in [0.15, 0.2) is 5.13 Å². The number of nitrogens with one attached hydrogen (secondary N) is 1. The average molecular weight is 322 g/mol. The minimum absolute atomic E-state index is 0.701. The molecule has 1 N–H and O–H groups in total. The van der Waals surface area contributed by atoms with Crippen molar-refractivity contribution in [1.82, 2.24) is 10.3 Å². The Kier molecular flexibility index (Phi) is 4.93. The van der Waals surface area contributed by atoms with Gasteiger partial charge in [-0.3, -0.25) is 0 Å². The van der Waals surface area contributed by atoms with Crippen LogP contribution in [0.4, 0.5) is 5.13 Å². The molecule has 0 atom stereocenters. The molecule has 0 amide bonds. The second-order valence-electron chi connectivity index (χ2n) is 5.67. The maximum atomic E-state index is 4.84. The standard InChI is InChI=1S/C16H23N3S2/c1-3-7-17-9-15-12(2)18-16(21-15)19(14-4-5-14)10-13-6-8-20-11-13/h6,8,11,14,17H,3-5,7,9-10H2,1-2H3. The third-order valence-electron chi connectivity index (χ3n) is 3.76. The quantitative estimate of drug-likeness (QED) is 0.739. The second kappa shape index (κ2) is 6.90. The van der Waals surface area contributed by atoms with Gasteiger partial charge in [0.2, 0.25) is 0 Å². The van der Waals surface area contributed by atoms with Gasteiger partial charge in [-0.2, -0.15) is 11.3 Å². The topological polar surface area (TPSA) is 28.2 Å². The lowest BCUT2D eigenvalue weighted by atomic mass is 10.3. The minimum Gasteiger partial charge on any atom is -0.341 e. The highest BCUT2D eigenvalue weighted by Crippen LogP contribution is 2.36. The summed E-state index contributed by atoms with van der Waals surface area (Å²) in [5, 5.41) is 9.10. The summed E-state index contributed by atoms with van der Waals surface area (Å²) in [6.07, 6.45) is 3.80. The van der Waals surface area contributed by atoms with Gasteiger partial charge in [-0.1, -0.05) is 6.92 Å². The average Bonchev–Trinajstić information content (AvgIpc) is 3.06. The Hall–Kier alpha value is -0.910. The number of aromatic nitrogens is 1. The molecule has 0 aliphatic heterocycles. The Morgan fingerprint density at radius 3 is 2.95 bits per heavy atom. The lowest BCUT2D eigenvalue weighted by Gasteiger charge is -2.20. The van der Waals surface area contributed by atoms with E-state index in [-0.39, 0.29) is 0 Å². The smallest absolute Gasteiger partial charge is 0.186 e. The van der Waals surface area contributed by atoms with Crippen LogP contribution in [0, 0.1) is 6.92 Å². The first-order valence-corrected chi connectivity index (χ1v) is 9.48. The van der Waals surface area contributed by atoms with Crippen molar-refractivity contribution < 1.29 is 0 Å². The predicted octanol–water partition coefficient (Wildman–Crippen LogP) is 4.18. The molecule has 1 aliphatic rings. The van der Waals surface area contributed by atoms with Gasteiger partial charge in [-0.15, -0.1) is 11.3 Å².